The molecule has 1 heterocycles. The van der Waals surface area contributed by atoms with Gasteiger partial charge in [0, 0.05) is 37.5 Å². The van der Waals surface area contributed by atoms with E-state index in [2.05, 4.69) is 20.7 Å². The maximum atomic E-state index is 13.6. The van der Waals surface area contributed by atoms with Gasteiger partial charge < -0.3 is 10.6 Å². The molecule has 0 aliphatic rings. The Morgan fingerprint density at radius 1 is 1.30 bits per heavy atom. The van der Waals surface area contributed by atoms with Crippen LogP contribution in [-0.4, -0.2) is 22.3 Å². The largest absolute Gasteiger partial charge is 0.357 e. The van der Waals surface area contributed by atoms with Gasteiger partial charge in [0.1, 0.15) is 11.6 Å². The topological polar surface area (TPSA) is 54.2 Å². The Morgan fingerprint density at radius 2 is 2.09 bits per heavy atom. The molecule has 0 aliphatic heterocycles. The summed E-state index contributed by atoms with van der Waals surface area (Å²) in [6.45, 7) is 3.21. The zero-order valence-corrected chi connectivity index (χ0v) is 15.3. The molecule has 0 amide bonds. The van der Waals surface area contributed by atoms with Crippen LogP contribution in [0.1, 0.15) is 18.1 Å². The molecule has 0 unspecified atom stereocenters. The highest BCUT2D eigenvalue weighted by Gasteiger charge is 2.05. The molecular weight excluding hydrogens is 415 g/mol. The van der Waals surface area contributed by atoms with Gasteiger partial charge in [0.2, 0.25) is 0 Å². The van der Waals surface area contributed by atoms with Gasteiger partial charge in [0.25, 0.3) is 0 Å². The normalized spacial score (nSPS) is 11.0. The Bertz CT molecular complexity index is 657. The van der Waals surface area contributed by atoms with Crippen molar-refractivity contribution in [3.8, 4) is 0 Å². The van der Waals surface area contributed by atoms with E-state index in [-0.39, 0.29) is 36.1 Å². The molecule has 2 rings (SSSR count). The highest BCUT2D eigenvalue weighted by atomic mass is 127. The monoisotopic (exact) mass is 435 g/mol. The average molecular weight is 435 g/mol. The quantitative estimate of drug-likeness (QED) is 0.432. The molecule has 0 atom stereocenters. The molecule has 5 nitrogen and oxygen atoms in total. The molecule has 2 N–H and O–H groups in total. The van der Waals surface area contributed by atoms with Crippen molar-refractivity contribution in [1.82, 2.24) is 20.4 Å². The average Bonchev–Trinajstić information content (AvgIpc) is 2.91. The second-order valence-electron chi connectivity index (χ2n) is 4.81. The second-order valence-corrected chi connectivity index (χ2v) is 4.81. The van der Waals surface area contributed by atoms with Crippen molar-refractivity contribution in [2.45, 2.75) is 20.0 Å². The molecule has 1 aromatic carbocycles. The summed E-state index contributed by atoms with van der Waals surface area (Å²) >= 11 is 0. The Morgan fingerprint density at radius 3 is 2.74 bits per heavy atom. The molecule has 0 bridgehead atoms. The van der Waals surface area contributed by atoms with E-state index < -0.39 is 11.6 Å². The van der Waals surface area contributed by atoms with Gasteiger partial charge >= 0.3 is 0 Å². The van der Waals surface area contributed by atoms with Crippen molar-refractivity contribution >= 4 is 29.9 Å². The molecule has 0 fully saturated rings. The SMILES string of the molecule is CCNC(=NCc1cnn(C)c1)NCc1cc(F)ccc1F.I. The van der Waals surface area contributed by atoms with E-state index in [1.807, 2.05) is 20.2 Å². The van der Waals surface area contributed by atoms with Crippen LogP contribution in [0, 0.1) is 11.6 Å². The van der Waals surface area contributed by atoms with Crippen LogP contribution in [0.4, 0.5) is 8.78 Å². The van der Waals surface area contributed by atoms with Gasteiger partial charge in [-0.1, -0.05) is 0 Å². The number of aliphatic imine (C=N–C) groups is 1. The van der Waals surface area contributed by atoms with Crippen LogP contribution >= 0.6 is 24.0 Å². The number of nitrogens with zero attached hydrogens (tertiary/aromatic N) is 3. The van der Waals surface area contributed by atoms with Crippen molar-refractivity contribution in [1.29, 1.82) is 0 Å². The number of benzene rings is 1. The van der Waals surface area contributed by atoms with Gasteiger partial charge in [-0.25, -0.2) is 13.8 Å². The Balaban J connectivity index is 0.00000264. The van der Waals surface area contributed by atoms with Crippen molar-refractivity contribution in [2.75, 3.05) is 6.54 Å². The minimum absolute atomic E-state index is 0. The summed E-state index contributed by atoms with van der Waals surface area (Å²) in [6, 6.07) is 3.39. The van der Waals surface area contributed by atoms with Gasteiger partial charge in [-0.2, -0.15) is 5.10 Å². The van der Waals surface area contributed by atoms with E-state index in [0.29, 0.717) is 19.0 Å². The van der Waals surface area contributed by atoms with Crippen LogP contribution in [0.5, 0.6) is 0 Å². The first-order valence-electron chi connectivity index (χ1n) is 7.02. The molecule has 8 heteroatoms. The first kappa shape index (κ1) is 19.3. The second kappa shape index (κ2) is 9.43. The highest BCUT2D eigenvalue weighted by molar-refractivity contribution is 14.0. The van der Waals surface area contributed by atoms with Gasteiger partial charge in [-0.15, -0.1) is 24.0 Å². The first-order chi connectivity index (χ1) is 10.6. The number of rotatable bonds is 5. The Kier molecular flexibility index (Phi) is 7.93. The third kappa shape index (κ3) is 6.12. The predicted octanol–water partition coefficient (Wildman–Crippen LogP) is 2.57. The predicted molar refractivity (Wildman–Crippen MR) is 96.6 cm³/mol. The van der Waals surface area contributed by atoms with Crippen molar-refractivity contribution in [2.24, 2.45) is 12.0 Å². The molecule has 0 saturated heterocycles. The van der Waals surface area contributed by atoms with Crippen molar-refractivity contribution in [3.63, 3.8) is 0 Å². The molecule has 1 aromatic heterocycles. The molecule has 0 saturated carbocycles. The lowest BCUT2D eigenvalue weighted by Crippen LogP contribution is -2.37. The molecule has 0 aliphatic carbocycles. The smallest absolute Gasteiger partial charge is 0.191 e. The van der Waals surface area contributed by atoms with E-state index in [1.54, 1.807) is 10.9 Å². The fourth-order valence-corrected chi connectivity index (χ4v) is 1.92. The zero-order valence-electron chi connectivity index (χ0n) is 13.0. The Hall–Kier alpha value is -1.71. The fraction of sp³-hybridized carbons (Fsp3) is 0.333. The third-order valence-electron chi connectivity index (χ3n) is 2.98. The molecule has 0 radical (unpaired) electrons. The summed E-state index contributed by atoms with van der Waals surface area (Å²) < 4.78 is 28.4. The standard InChI is InChI=1S/C15H19F2N5.HI/c1-3-18-15(19-7-11-8-21-22(2)10-11)20-9-12-6-13(16)4-5-14(12)17;/h4-6,8,10H,3,7,9H2,1-2H3,(H2,18,19,20);1H. The summed E-state index contributed by atoms with van der Waals surface area (Å²) in [5.41, 5.74) is 1.23. The number of hydrogen-bond donors (Lipinski definition) is 2. The van der Waals surface area contributed by atoms with Crippen LogP contribution < -0.4 is 10.6 Å². The van der Waals surface area contributed by atoms with Gasteiger partial charge in [-0.3, -0.25) is 4.68 Å². The number of nitrogens with one attached hydrogen (secondary N) is 2. The molecular formula is C15H20F2IN5. The lowest BCUT2D eigenvalue weighted by molar-refractivity contribution is 0.581. The van der Waals surface area contributed by atoms with Gasteiger partial charge in [-0.05, 0) is 25.1 Å². The number of aromatic nitrogens is 2. The summed E-state index contributed by atoms with van der Waals surface area (Å²) in [7, 11) is 1.84. The van der Waals surface area contributed by atoms with Gasteiger partial charge in [0.15, 0.2) is 5.96 Å². The number of hydrogen-bond acceptors (Lipinski definition) is 2. The minimum atomic E-state index is -0.463. The maximum Gasteiger partial charge on any atom is 0.191 e. The van der Waals surface area contributed by atoms with Crippen LogP contribution in [0.25, 0.3) is 0 Å². The summed E-state index contributed by atoms with van der Waals surface area (Å²) in [5.74, 6) is -0.373. The van der Waals surface area contributed by atoms with E-state index >= 15 is 0 Å². The molecule has 126 valence electrons. The lowest BCUT2D eigenvalue weighted by atomic mass is 10.2. The lowest BCUT2D eigenvalue weighted by Gasteiger charge is -2.11. The first-order valence-corrected chi connectivity index (χ1v) is 7.02. The molecule has 0 spiro atoms. The molecule has 23 heavy (non-hydrogen) atoms. The number of guanidine groups is 1. The maximum absolute atomic E-state index is 13.6. The zero-order chi connectivity index (χ0) is 15.9. The third-order valence-corrected chi connectivity index (χ3v) is 2.98. The van der Waals surface area contributed by atoms with Crippen LogP contribution in [0.2, 0.25) is 0 Å². The Labute approximate surface area is 151 Å². The van der Waals surface area contributed by atoms with E-state index in [9.17, 15) is 8.78 Å². The van der Waals surface area contributed by atoms with Crippen LogP contribution in [0.3, 0.4) is 0 Å². The number of halogens is 3. The van der Waals surface area contributed by atoms with Gasteiger partial charge in [0.05, 0.1) is 12.7 Å². The fourth-order valence-electron chi connectivity index (χ4n) is 1.92. The minimum Gasteiger partial charge on any atom is -0.357 e. The summed E-state index contributed by atoms with van der Waals surface area (Å²) in [5, 5.41) is 10.1. The summed E-state index contributed by atoms with van der Waals surface area (Å²) in [6.07, 6.45) is 3.61. The summed E-state index contributed by atoms with van der Waals surface area (Å²) in [4.78, 5) is 4.39. The van der Waals surface area contributed by atoms with E-state index in [1.165, 1.54) is 6.07 Å². The van der Waals surface area contributed by atoms with Crippen molar-refractivity contribution in [3.05, 3.63) is 53.4 Å². The van der Waals surface area contributed by atoms with Crippen molar-refractivity contribution < 1.29 is 8.78 Å². The van der Waals surface area contributed by atoms with Crippen LogP contribution in [0.15, 0.2) is 35.6 Å². The van der Waals surface area contributed by atoms with E-state index in [4.69, 9.17) is 0 Å². The van der Waals surface area contributed by atoms with E-state index in [0.717, 1.165) is 17.7 Å². The highest BCUT2D eigenvalue weighted by Crippen LogP contribution is 2.09. The number of aryl methyl sites for hydroxylation is 1. The molecule has 2 aromatic rings. The van der Waals surface area contributed by atoms with Crippen LogP contribution in [-0.2, 0) is 20.1 Å².